The molecule has 44 heavy (non-hydrogen) atoms. The zero-order chi connectivity index (χ0) is 30.9. The Morgan fingerprint density at radius 3 is 2.61 bits per heavy atom. The van der Waals surface area contributed by atoms with E-state index in [9.17, 15) is 9.59 Å². The number of nitrogens with zero attached hydrogens (tertiary/aromatic N) is 1. The molecule has 0 unspecified atom stereocenters. The van der Waals surface area contributed by atoms with E-state index in [2.05, 4.69) is 45.4 Å². The SMILES string of the molecule is CCOC(=O)C1=C(C)NC(=S)N[C@H]1c1ccccc1OCC(=O)NN=Cc1cccc(OCc2cccc3ccccc23)c1. The number of benzene rings is 4. The number of hydrogen-bond acceptors (Lipinski definition) is 7. The number of thiocarbonyl (C=S) groups is 1. The molecule has 0 fully saturated rings. The van der Waals surface area contributed by atoms with E-state index >= 15 is 0 Å². The predicted molar refractivity (Wildman–Crippen MR) is 173 cm³/mol. The van der Waals surface area contributed by atoms with E-state index in [1.807, 2.05) is 48.5 Å². The summed E-state index contributed by atoms with van der Waals surface area (Å²) in [6, 6.07) is 28.3. The van der Waals surface area contributed by atoms with Crippen molar-refractivity contribution in [2.45, 2.75) is 26.5 Å². The number of para-hydroxylation sites is 1. The van der Waals surface area contributed by atoms with Gasteiger partial charge in [-0.2, -0.15) is 5.10 Å². The number of nitrogens with one attached hydrogen (secondary N) is 3. The number of esters is 1. The van der Waals surface area contributed by atoms with Gasteiger partial charge in [0.1, 0.15) is 18.1 Å². The molecule has 0 spiro atoms. The maximum absolute atomic E-state index is 12.7. The van der Waals surface area contributed by atoms with E-state index in [0.717, 1.165) is 21.9 Å². The number of carbonyl (C=O) groups is 2. The third-order valence-corrected chi connectivity index (χ3v) is 7.11. The van der Waals surface area contributed by atoms with E-state index < -0.39 is 17.9 Å². The summed E-state index contributed by atoms with van der Waals surface area (Å²) in [7, 11) is 0. The third-order valence-electron chi connectivity index (χ3n) is 6.89. The number of hydrazone groups is 1. The minimum Gasteiger partial charge on any atom is -0.489 e. The summed E-state index contributed by atoms with van der Waals surface area (Å²) < 4.78 is 17.2. The number of fused-ring (bicyclic) bond motifs is 1. The summed E-state index contributed by atoms with van der Waals surface area (Å²) in [6.07, 6.45) is 1.54. The molecule has 4 aromatic rings. The van der Waals surface area contributed by atoms with Crippen LogP contribution in [0.5, 0.6) is 11.5 Å². The molecule has 1 heterocycles. The minimum atomic E-state index is -0.616. The van der Waals surface area contributed by atoms with Crippen LogP contribution in [0, 0.1) is 0 Å². The Kier molecular flexibility index (Phi) is 9.83. The first-order valence-electron chi connectivity index (χ1n) is 14.1. The quantitative estimate of drug-likeness (QED) is 0.0911. The average Bonchev–Trinajstić information content (AvgIpc) is 3.03. The van der Waals surface area contributed by atoms with Crippen LogP contribution in [0.1, 0.15) is 36.6 Å². The van der Waals surface area contributed by atoms with Gasteiger partial charge < -0.3 is 24.8 Å². The number of amides is 1. The van der Waals surface area contributed by atoms with Crippen LogP contribution in [0.2, 0.25) is 0 Å². The fraction of sp³-hybridized carbons (Fsp3) is 0.176. The molecule has 0 saturated heterocycles. The van der Waals surface area contributed by atoms with Gasteiger partial charge in [0.15, 0.2) is 11.7 Å². The number of allylic oxidation sites excluding steroid dienone is 1. The lowest BCUT2D eigenvalue weighted by atomic mass is 9.95. The molecule has 0 radical (unpaired) electrons. The van der Waals surface area contributed by atoms with E-state index in [0.29, 0.717) is 40.1 Å². The van der Waals surface area contributed by atoms with Crippen molar-refractivity contribution in [3.05, 3.63) is 119 Å². The maximum atomic E-state index is 12.7. The maximum Gasteiger partial charge on any atom is 0.338 e. The molecule has 1 aliphatic heterocycles. The van der Waals surface area contributed by atoms with Gasteiger partial charge >= 0.3 is 5.97 Å². The fourth-order valence-corrected chi connectivity index (χ4v) is 5.15. The summed E-state index contributed by atoms with van der Waals surface area (Å²) >= 11 is 5.33. The standard InChI is InChI=1S/C34H32N4O5S/c1-3-41-33(40)31-22(2)36-34(44)37-32(31)28-16-6-7-17-29(28)43-21-30(39)38-35-19-23-10-8-14-26(18-23)42-20-25-13-9-12-24-11-4-5-15-27(24)25/h4-19,32H,3,20-21H2,1-2H3,(H,38,39)(H2,36,37,44)/t32-/m0/s1. The lowest BCUT2D eigenvalue weighted by molar-refractivity contribution is -0.139. The first-order chi connectivity index (χ1) is 21.4. The summed E-state index contributed by atoms with van der Waals surface area (Å²) in [5, 5.41) is 12.8. The second kappa shape index (κ2) is 14.3. The fourth-order valence-electron chi connectivity index (χ4n) is 4.88. The van der Waals surface area contributed by atoms with Crippen molar-refractivity contribution in [1.29, 1.82) is 0 Å². The van der Waals surface area contributed by atoms with Crippen LogP contribution in [0.25, 0.3) is 10.8 Å². The van der Waals surface area contributed by atoms with Gasteiger partial charge in [-0.1, -0.05) is 72.8 Å². The van der Waals surface area contributed by atoms with Crippen LogP contribution in [0.4, 0.5) is 0 Å². The Morgan fingerprint density at radius 1 is 0.977 bits per heavy atom. The molecular formula is C34H32N4O5S. The molecule has 5 rings (SSSR count). The molecule has 10 heteroatoms. The van der Waals surface area contributed by atoms with Gasteiger partial charge in [-0.25, -0.2) is 10.2 Å². The zero-order valence-electron chi connectivity index (χ0n) is 24.3. The molecule has 1 aliphatic rings. The van der Waals surface area contributed by atoms with Gasteiger partial charge in [0.25, 0.3) is 5.91 Å². The largest absolute Gasteiger partial charge is 0.489 e. The first kappa shape index (κ1) is 30.2. The minimum absolute atomic E-state index is 0.230. The Hall–Kier alpha value is -5.22. The summed E-state index contributed by atoms with van der Waals surface area (Å²) in [4.78, 5) is 25.3. The molecule has 0 saturated carbocycles. The van der Waals surface area contributed by atoms with Crippen molar-refractivity contribution < 1.29 is 23.8 Å². The van der Waals surface area contributed by atoms with Gasteiger partial charge in [-0.15, -0.1) is 0 Å². The van der Waals surface area contributed by atoms with Crippen molar-refractivity contribution in [3.8, 4) is 11.5 Å². The van der Waals surface area contributed by atoms with Crippen LogP contribution < -0.4 is 25.5 Å². The van der Waals surface area contributed by atoms with Gasteiger partial charge in [0.05, 0.1) is 24.4 Å². The highest BCUT2D eigenvalue weighted by molar-refractivity contribution is 7.80. The molecule has 1 atom stereocenters. The van der Waals surface area contributed by atoms with Crippen molar-refractivity contribution in [2.75, 3.05) is 13.2 Å². The normalized spacial score (nSPS) is 14.6. The van der Waals surface area contributed by atoms with Crippen LogP contribution in [-0.4, -0.2) is 36.4 Å². The van der Waals surface area contributed by atoms with Crippen molar-refractivity contribution >= 4 is 46.2 Å². The molecule has 224 valence electrons. The highest BCUT2D eigenvalue weighted by Crippen LogP contribution is 2.33. The van der Waals surface area contributed by atoms with Crippen molar-refractivity contribution in [1.82, 2.24) is 16.1 Å². The molecule has 0 bridgehead atoms. The first-order valence-corrected chi connectivity index (χ1v) is 14.5. The van der Waals surface area contributed by atoms with Gasteiger partial charge in [-0.3, -0.25) is 4.79 Å². The monoisotopic (exact) mass is 608 g/mol. The van der Waals surface area contributed by atoms with Crippen LogP contribution >= 0.6 is 12.2 Å². The topological polar surface area (TPSA) is 110 Å². The second-order valence-electron chi connectivity index (χ2n) is 9.91. The number of rotatable bonds is 11. The molecule has 9 nitrogen and oxygen atoms in total. The van der Waals surface area contributed by atoms with E-state index in [1.54, 1.807) is 32.0 Å². The Balaban J connectivity index is 1.19. The highest BCUT2D eigenvalue weighted by atomic mass is 32.1. The third kappa shape index (κ3) is 7.40. The van der Waals surface area contributed by atoms with Crippen LogP contribution in [0.15, 0.2) is 107 Å². The molecule has 1 amide bonds. The summed E-state index contributed by atoms with van der Waals surface area (Å²) in [5.41, 5.74) is 5.95. The van der Waals surface area contributed by atoms with E-state index in [-0.39, 0.29) is 13.2 Å². The molecule has 0 aliphatic carbocycles. The number of hydrogen-bond donors (Lipinski definition) is 3. The second-order valence-corrected chi connectivity index (χ2v) is 10.3. The Bertz CT molecular complexity index is 1750. The predicted octanol–water partition coefficient (Wildman–Crippen LogP) is 5.30. The number of carbonyl (C=O) groups excluding carboxylic acids is 2. The Labute approximate surface area is 260 Å². The Morgan fingerprint density at radius 2 is 1.75 bits per heavy atom. The van der Waals surface area contributed by atoms with Crippen molar-refractivity contribution in [3.63, 3.8) is 0 Å². The molecule has 0 aromatic heterocycles. The van der Waals surface area contributed by atoms with Gasteiger partial charge in [0, 0.05) is 11.3 Å². The van der Waals surface area contributed by atoms with Gasteiger partial charge in [0.2, 0.25) is 0 Å². The van der Waals surface area contributed by atoms with Crippen molar-refractivity contribution in [2.24, 2.45) is 5.10 Å². The van der Waals surface area contributed by atoms with E-state index in [4.69, 9.17) is 26.4 Å². The smallest absolute Gasteiger partial charge is 0.338 e. The lowest BCUT2D eigenvalue weighted by Crippen LogP contribution is -2.45. The summed E-state index contributed by atoms with van der Waals surface area (Å²) in [5.74, 6) is 0.179. The molecule has 3 N–H and O–H groups in total. The lowest BCUT2D eigenvalue weighted by Gasteiger charge is -2.30. The number of ether oxygens (including phenoxy) is 3. The average molecular weight is 609 g/mol. The molecular weight excluding hydrogens is 576 g/mol. The summed E-state index contributed by atoms with van der Waals surface area (Å²) in [6.45, 7) is 3.86. The van der Waals surface area contributed by atoms with Crippen LogP contribution in [-0.2, 0) is 20.9 Å². The molecule has 4 aromatic carbocycles. The van der Waals surface area contributed by atoms with E-state index in [1.165, 1.54) is 6.21 Å². The highest BCUT2D eigenvalue weighted by Gasteiger charge is 2.32. The zero-order valence-corrected chi connectivity index (χ0v) is 25.1. The van der Waals surface area contributed by atoms with Crippen LogP contribution in [0.3, 0.4) is 0 Å². The van der Waals surface area contributed by atoms with Gasteiger partial charge in [-0.05, 0) is 66.2 Å².